The van der Waals surface area contributed by atoms with Crippen LogP contribution < -0.4 is 5.32 Å². The minimum Gasteiger partial charge on any atom is -0.323 e. The Balaban J connectivity index is 1.69. The van der Waals surface area contributed by atoms with Gasteiger partial charge in [-0.15, -0.1) is 11.3 Å². The Morgan fingerprint density at radius 1 is 1.23 bits per heavy atom. The lowest BCUT2D eigenvalue weighted by Gasteiger charge is -2.10. The summed E-state index contributed by atoms with van der Waals surface area (Å²) in [5.41, 5.74) is 1.13. The van der Waals surface area contributed by atoms with E-state index in [0.29, 0.717) is 0 Å². The van der Waals surface area contributed by atoms with Crippen molar-refractivity contribution < 1.29 is 9.18 Å². The fourth-order valence-electron chi connectivity index (χ4n) is 1.90. The van der Waals surface area contributed by atoms with Crippen LogP contribution in [0.5, 0.6) is 0 Å². The van der Waals surface area contributed by atoms with Gasteiger partial charge in [0, 0.05) is 0 Å². The van der Waals surface area contributed by atoms with Crippen LogP contribution in [-0.4, -0.2) is 16.1 Å². The number of hydrogen-bond donors (Lipinski definition) is 1. The number of hydrogen-bond acceptors (Lipinski definition) is 4. The summed E-state index contributed by atoms with van der Waals surface area (Å²) in [4.78, 5) is 16.6. The molecule has 1 amide bonds. The van der Waals surface area contributed by atoms with Gasteiger partial charge in [-0.2, -0.15) is 0 Å². The lowest BCUT2D eigenvalue weighted by atomic mass is 10.3. The molecule has 1 aromatic heterocycles. The van der Waals surface area contributed by atoms with Crippen LogP contribution in [0.3, 0.4) is 0 Å². The molecule has 3 aromatic rings. The van der Waals surface area contributed by atoms with Gasteiger partial charge in [-0.05, 0) is 31.2 Å². The number of rotatable bonds is 4. The van der Waals surface area contributed by atoms with E-state index in [1.165, 1.54) is 17.8 Å². The molecular formula is C16H13FN2OS2. The zero-order valence-corrected chi connectivity index (χ0v) is 13.4. The van der Waals surface area contributed by atoms with Crippen molar-refractivity contribution >= 4 is 44.9 Å². The first kappa shape index (κ1) is 15.0. The van der Waals surface area contributed by atoms with Crippen molar-refractivity contribution in [1.82, 2.24) is 4.98 Å². The Labute approximate surface area is 135 Å². The molecule has 3 nitrogen and oxygen atoms in total. The number of fused-ring (bicyclic) bond motifs is 1. The van der Waals surface area contributed by atoms with E-state index in [9.17, 15) is 9.18 Å². The molecule has 0 saturated heterocycles. The first-order valence-electron chi connectivity index (χ1n) is 6.71. The maximum Gasteiger partial charge on any atom is 0.237 e. The number of nitrogens with zero attached hydrogens (tertiary/aromatic N) is 1. The first-order chi connectivity index (χ1) is 10.6. The zero-order chi connectivity index (χ0) is 15.5. The lowest BCUT2D eigenvalue weighted by Crippen LogP contribution is -2.22. The van der Waals surface area contributed by atoms with Crippen molar-refractivity contribution in [3.63, 3.8) is 0 Å². The number of nitrogens with one attached hydrogen (secondary N) is 1. The second-order valence-electron chi connectivity index (χ2n) is 4.68. The van der Waals surface area contributed by atoms with Crippen LogP contribution in [0.15, 0.2) is 52.9 Å². The van der Waals surface area contributed by atoms with Gasteiger partial charge in [-0.25, -0.2) is 9.37 Å². The van der Waals surface area contributed by atoms with Gasteiger partial charge >= 0.3 is 0 Å². The molecule has 0 saturated carbocycles. The molecule has 1 N–H and O–H groups in total. The molecule has 3 rings (SSSR count). The molecule has 1 heterocycles. The highest BCUT2D eigenvalue weighted by atomic mass is 32.2. The molecule has 2 aromatic carbocycles. The molecule has 6 heteroatoms. The van der Waals surface area contributed by atoms with E-state index in [1.807, 2.05) is 24.3 Å². The summed E-state index contributed by atoms with van der Waals surface area (Å²) >= 11 is 2.93. The number of carbonyl (C=O) groups is 1. The van der Waals surface area contributed by atoms with E-state index >= 15 is 0 Å². The number of anilines is 1. The monoisotopic (exact) mass is 332 g/mol. The standard InChI is InChI=1S/C16H13FN2OS2/c1-10(15(20)18-12-7-3-2-6-11(12)17)21-16-19-13-8-4-5-9-14(13)22-16/h2-10H,1H3,(H,18,20)/t10-/m1/s1. The predicted molar refractivity (Wildman–Crippen MR) is 90.0 cm³/mol. The van der Waals surface area contributed by atoms with Crippen LogP contribution in [0.2, 0.25) is 0 Å². The smallest absolute Gasteiger partial charge is 0.237 e. The number of thioether (sulfide) groups is 1. The highest BCUT2D eigenvalue weighted by molar-refractivity contribution is 8.02. The van der Waals surface area contributed by atoms with Crippen molar-refractivity contribution in [3.8, 4) is 0 Å². The fourth-order valence-corrected chi connectivity index (χ4v) is 4.11. The molecule has 0 spiro atoms. The third kappa shape index (κ3) is 3.28. The van der Waals surface area contributed by atoms with Gasteiger partial charge in [0.2, 0.25) is 5.91 Å². The second-order valence-corrected chi connectivity index (χ2v) is 7.30. The van der Waals surface area contributed by atoms with E-state index in [4.69, 9.17) is 0 Å². The molecule has 22 heavy (non-hydrogen) atoms. The quantitative estimate of drug-likeness (QED) is 0.712. The maximum atomic E-state index is 13.5. The normalized spacial score (nSPS) is 12.3. The predicted octanol–water partition coefficient (Wildman–Crippen LogP) is 4.55. The van der Waals surface area contributed by atoms with Crippen molar-refractivity contribution in [2.45, 2.75) is 16.5 Å². The van der Waals surface area contributed by atoms with Crippen molar-refractivity contribution in [2.24, 2.45) is 0 Å². The van der Waals surface area contributed by atoms with Gasteiger partial charge in [0.25, 0.3) is 0 Å². The highest BCUT2D eigenvalue weighted by Gasteiger charge is 2.18. The SMILES string of the molecule is C[C@@H](Sc1nc2ccccc2s1)C(=O)Nc1ccccc1F. The minimum absolute atomic E-state index is 0.198. The average Bonchev–Trinajstić information content (AvgIpc) is 2.91. The third-order valence-electron chi connectivity index (χ3n) is 3.05. The number of amides is 1. The van der Waals surface area contributed by atoms with E-state index < -0.39 is 5.82 Å². The minimum atomic E-state index is -0.437. The second kappa shape index (κ2) is 6.46. The molecule has 112 valence electrons. The lowest BCUT2D eigenvalue weighted by molar-refractivity contribution is -0.115. The number of thiazole rings is 1. The van der Waals surface area contributed by atoms with Gasteiger partial charge in [-0.3, -0.25) is 4.79 Å². The van der Waals surface area contributed by atoms with E-state index in [2.05, 4.69) is 10.3 Å². The Hall–Kier alpha value is -1.92. The molecule has 0 bridgehead atoms. The zero-order valence-electron chi connectivity index (χ0n) is 11.7. The van der Waals surface area contributed by atoms with Crippen LogP contribution >= 0.6 is 23.1 Å². The third-order valence-corrected chi connectivity index (χ3v) is 5.28. The molecule has 0 unspecified atom stereocenters. The Morgan fingerprint density at radius 2 is 1.95 bits per heavy atom. The summed E-state index contributed by atoms with van der Waals surface area (Å²) < 4.78 is 15.5. The molecule has 0 fully saturated rings. The Morgan fingerprint density at radius 3 is 2.73 bits per heavy atom. The van der Waals surface area contributed by atoms with Crippen LogP contribution in [-0.2, 0) is 4.79 Å². The van der Waals surface area contributed by atoms with Crippen molar-refractivity contribution in [2.75, 3.05) is 5.32 Å². The molecule has 0 aliphatic rings. The van der Waals surface area contributed by atoms with Gasteiger partial charge in [-0.1, -0.05) is 36.0 Å². The van der Waals surface area contributed by atoms with Gasteiger partial charge in [0.1, 0.15) is 5.82 Å². The maximum absolute atomic E-state index is 13.5. The molecule has 0 radical (unpaired) electrons. The van der Waals surface area contributed by atoms with Crippen LogP contribution in [0.1, 0.15) is 6.92 Å². The molecular weight excluding hydrogens is 319 g/mol. The molecule has 0 aliphatic carbocycles. The topological polar surface area (TPSA) is 42.0 Å². The van der Waals surface area contributed by atoms with Crippen LogP contribution in [0.25, 0.3) is 10.2 Å². The summed E-state index contributed by atoms with van der Waals surface area (Å²) in [6, 6.07) is 14.0. The van der Waals surface area contributed by atoms with E-state index in [0.717, 1.165) is 14.6 Å². The number of benzene rings is 2. The van der Waals surface area contributed by atoms with Gasteiger partial charge in [0.15, 0.2) is 4.34 Å². The summed E-state index contributed by atoms with van der Waals surface area (Å²) in [5.74, 6) is -0.678. The van der Waals surface area contributed by atoms with Crippen LogP contribution in [0, 0.1) is 5.82 Å². The summed E-state index contributed by atoms with van der Waals surface area (Å²) in [7, 11) is 0. The molecule has 1 atom stereocenters. The number of carbonyl (C=O) groups excluding carboxylic acids is 1. The van der Waals surface area contributed by atoms with Crippen LogP contribution in [0.4, 0.5) is 10.1 Å². The Kier molecular flexibility index (Phi) is 4.40. The summed E-state index contributed by atoms with van der Waals surface area (Å²) in [6.45, 7) is 1.78. The van der Waals surface area contributed by atoms with E-state index in [-0.39, 0.29) is 16.8 Å². The largest absolute Gasteiger partial charge is 0.323 e. The van der Waals surface area contributed by atoms with Gasteiger partial charge in [0.05, 0.1) is 21.2 Å². The van der Waals surface area contributed by atoms with Gasteiger partial charge < -0.3 is 5.32 Å². The average molecular weight is 332 g/mol. The Bertz CT molecular complexity index is 786. The molecule has 0 aliphatic heterocycles. The number of aromatic nitrogens is 1. The number of para-hydroxylation sites is 2. The summed E-state index contributed by atoms with van der Waals surface area (Å²) in [6.07, 6.45) is 0. The van der Waals surface area contributed by atoms with E-state index in [1.54, 1.807) is 36.5 Å². The van der Waals surface area contributed by atoms with Crippen molar-refractivity contribution in [3.05, 3.63) is 54.3 Å². The summed E-state index contributed by atoms with van der Waals surface area (Å²) in [5, 5.41) is 2.25. The van der Waals surface area contributed by atoms with Crippen molar-refractivity contribution in [1.29, 1.82) is 0 Å². The first-order valence-corrected chi connectivity index (χ1v) is 8.41. The fraction of sp³-hybridized carbons (Fsp3) is 0.125. The number of halogens is 1. The highest BCUT2D eigenvalue weighted by Crippen LogP contribution is 2.32.